The van der Waals surface area contributed by atoms with Gasteiger partial charge in [-0.05, 0) is 78.6 Å². The highest BCUT2D eigenvalue weighted by Gasteiger charge is 2.12. The van der Waals surface area contributed by atoms with Gasteiger partial charge in [-0.25, -0.2) is 0 Å². The molecule has 0 amide bonds. The summed E-state index contributed by atoms with van der Waals surface area (Å²) in [5.41, 5.74) is 2.85. The zero-order valence-electron chi connectivity index (χ0n) is 18.0. The number of halogens is 2. The number of aryl methyl sites for hydroxylation is 1. The lowest BCUT2D eigenvalue weighted by Crippen LogP contribution is -1.97. The number of hydrogen-bond donors (Lipinski definition) is 0. The van der Waals surface area contributed by atoms with Crippen LogP contribution in [0.25, 0.3) is 0 Å². The van der Waals surface area contributed by atoms with Crippen molar-refractivity contribution in [3.05, 3.63) is 54.1 Å². The third-order valence-corrected chi connectivity index (χ3v) is 5.77. The van der Waals surface area contributed by atoms with Gasteiger partial charge in [-0.1, -0.05) is 56.2 Å². The lowest BCUT2D eigenvalue weighted by Gasteiger charge is -2.06. The van der Waals surface area contributed by atoms with Gasteiger partial charge in [0.05, 0.1) is 24.6 Å². The Kier molecular flexibility index (Phi) is 12.2. The first kappa shape index (κ1) is 25.9. The molecule has 2 aromatic carbocycles. The second kappa shape index (κ2) is 14.6. The van der Waals surface area contributed by atoms with Crippen LogP contribution in [-0.2, 0) is 9.09 Å². The van der Waals surface area contributed by atoms with Gasteiger partial charge < -0.3 is 9.26 Å². The number of nitrogens with zero attached hydrogens (tertiary/aromatic N) is 2. The lowest BCUT2D eigenvalue weighted by atomic mass is 10.1. The fraction of sp³-hybridized carbons (Fsp3) is 0.478. The number of ether oxygens (including phenoxy) is 1. The van der Waals surface area contributed by atoms with E-state index in [9.17, 15) is 4.57 Å². The molecule has 0 bridgehead atoms. The van der Waals surface area contributed by atoms with E-state index in [2.05, 4.69) is 10.2 Å². The maximum absolute atomic E-state index is 11.0. The van der Waals surface area contributed by atoms with Crippen molar-refractivity contribution in [2.45, 2.75) is 58.3 Å². The molecule has 2 rings (SSSR count). The summed E-state index contributed by atoms with van der Waals surface area (Å²) >= 11 is 10.6. The maximum atomic E-state index is 11.0. The smallest absolute Gasteiger partial charge is 0.380 e. The van der Waals surface area contributed by atoms with E-state index < -0.39 is 6.07 Å². The molecule has 2 aromatic rings. The normalized spacial score (nSPS) is 11.8. The van der Waals surface area contributed by atoms with Gasteiger partial charge in [0.25, 0.3) is 0 Å². The molecule has 0 saturated carbocycles. The monoisotopic (exact) mass is 484 g/mol. The van der Waals surface area contributed by atoms with Gasteiger partial charge in [-0.3, -0.25) is 4.57 Å². The molecule has 31 heavy (non-hydrogen) atoms. The van der Waals surface area contributed by atoms with Crippen molar-refractivity contribution in [1.82, 2.24) is 0 Å². The van der Waals surface area contributed by atoms with Gasteiger partial charge >= 0.3 is 6.07 Å². The van der Waals surface area contributed by atoms with Crippen molar-refractivity contribution in [3.63, 3.8) is 0 Å². The summed E-state index contributed by atoms with van der Waals surface area (Å²) in [6.07, 6.45) is 5.47. The minimum absolute atomic E-state index is 0.359. The van der Waals surface area contributed by atoms with Crippen LogP contribution in [0.3, 0.4) is 0 Å². The van der Waals surface area contributed by atoms with Crippen LogP contribution in [0, 0.1) is 6.92 Å². The fourth-order valence-corrected chi connectivity index (χ4v) is 3.72. The minimum atomic E-state index is -3.36. The molecular weight excluding hydrogens is 454 g/mol. The highest BCUT2D eigenvalue weighted by Crippen LogP contribution is 2.57. The molecule has 0 atom stereocenters. The number of hydrogen-bond acceptors (Lipinski definition) is 5. The Hall–Kier alpha value is -1.39. The third-order valence-electron chi connectivity index (χ3n) is 4.70. The maximum Gasteiger partial charge on any atom is 0.380 e. The number of benzene rings is 2. The molecule has 0 heterocycles. The predicted molar refractivity (Wildman–Crippen MR) is 129 cm³/mol. The summed E-state index contributed by atoms with van der Waals surface area (Å²) in [6, 6.07) is 15.6. The number of unbranched alkanes of at least 4 members (excludes halogenated alkanes) is 7. The standard InChI is InChI=1S/C23H31Cl2N2O3P/c1-20-10-12-21(13-11-20)26-27-22-14-16-23(17-15-22)29-18-8-6-4-2-3-5-7-9-19-30-31(24,25)28/h10-17H,2-9,18-19H2,1H3. The first-order valence-electron chi connectivity index (χ1n) is 10.8. The second-order valence-corrected chi connectivity index (χ2v) is 11.7. The average molecular weight is 485 g/mol. The number of azo groups is 1. The molecular formula is C23H31Cl2N2O3P. The van der Waals surface area contributed by atoms with E-state index in [1.165, 1.54) is 24.8 Å². The zero-order chi connectivity index (χ0) is 22.4. The third kappa shape index (κ3) is 12.9. The summed E-state index contributed by atoms with van der Waals surface area (Å²) in [4.78, 5) is 0. The van der Waals surface area contributed by atoms with E-state index in [4.69, 9.17) is 31.7 Å². The predicted octanol–water partition coefficient (Wildman–Crippen LogP) is 9.51. The zero-order valence-corrected chi connectivity index (χ0v) is 20.4. The Bertz CT molecular complexity index is 824. The quantitative estimate of drug-likeness (QED) is 0.143. The Labute approximate surface area is 195 Å². The molecule has 0 fully saturated rings. The summed E-state index contributed by atoms with van der Waals surface area (Å²) in [7, 11) is 0. The molecule has 0 aliphatic heterocycles. The van der Waals surface area contributed by atoms with Gasteiger partial charge in [0.1, 0.15) is 5.75 Å². The molecule has 0 spiro atoms. The highest BCUT2D eigenvalue weighted by atomic mass is 35.9. The van der Waals surface area contributed by atoms with Crippen molar-refractivity contribution in [1.29, 1.82) is 0 Å². The van der Waals surface area contributed by atoms with Crippen molar-refractivity contribution in [3.8, 4) is 5.75 Å². The second-order valence-electron chi connectivity index (χ2n) is 7.45. The van der Waals surface area contributed by atoms with Gasteiger partial charge in [-0.2, -0.15) is 10.2 Å². The molecule has 0 N–H and O–H groups in total. The van der Waals surface area contributed by atoms with Crippen LogP contribution in [-0.4, -0.2) is 13.2 Å². The number of rotatable bonds is 15. The Morgan fingerprint density at radius 2 is 1.16 bits per heavy atom. The molecule has 0 aliphatic carbocycles. The average Bonchev–Trinajstić information content (AvgIpc) is 2.74. The van der Waals surface area contributed by atoms with E-state index in [1.807, 2.05) is 55.5 Å². The van der Waals surface area contributed by atoms with Gasteiger partial charge in [0, 0.05) is 0 Å². The van der Waals surface area contributed by atoms with E-state index in [0.29, 0.717) is 6.61 Å². The summed E-state index contributed by atoms with van der Waals surface area (Å²) in [5.74, 6) is 0.856. The molecule has 0 unspecified atom stereocenters. The Morgan fingerprint density at radius 1 is 0.710 bits per heavy atom. The van der Waals surface area contributed by atoms with E-state index >= 15 is 0 Å². The van der Waals surface area contributed by atoms with Crippen LogP contribution in [0.2, 0.25) is 0 Å². The Morgan fingerprint density at radius 3 is 1.68 bits per heavy atom. The van der Waals surface area contributed by atoms with Crippen molar-refractivity contribution in [2.24, 2.45) is 10.2 Å². The molecule has 170 valence electrons. The molecule has 0 aliphatic rings. The van der Waals surface area contributed by atoms with E-state index in [-0.39, 0.29) is 0 Å². The van der Waals surface area contributed by atoms with Crippen LogP contribution in [0.5, 0.6) is 5.75 Å². The topological polar surface area (TPSA) is 60.3 Å². The highest BCUT2D eigenvalue weighted by molar-refractivity contribution is 8.05. The summed E-state index contributed by atoms with van der Waals surface area (Å²) in [5, 5.41) is 8.50. The Balaban J connectivity index is 1.48. The van der Waals surface area contributed by atoms with Gasteiger partial charge in [0.15, 0.2) is 0 Å². The van der Waals surface area contributed by atoms with Crippen molar-refractivity contribution in [2.75, 3.05) is 13.2 Å². The van der Waals surface area contributed by atoms with Crippen molar-refractivity contribution < 1.29 is 13.8 Å². The molecule has 5 nitrogen and oxygen atoms in total. The molecule has 0 radical (unpaired) electrons. The molecule has 0 saturated heterocycles. The van der Waals surface area contributed by atoms with Crippen LogP contribution in [0.4, 0.5) is 11.4 Å². The first-order valence-corrected chi connectivity index (χ1v) is 14.2. The van der Waals surface area contributed by atoms with Crippen LogP contribution >= 0.6 is 28.6 Å². The van der Waals surface area contributed by atoms with Crippen LogP contribution < -0.4 is 4.74 Å². The van der Waals surface area contributed by atoms with E-state index in [0.717, 1.165) is 55.8 Å². The summed E-state index contributed by atoms with van der Waals surface area (Å²) < 4.78 is 21.6. The van der Waals surface area contributed by atoms with E-state index in [1.54, 1.807) is 0 Å². The van der Waals surface area contributed by atoms with Gasteiger partial charge in [0.2, 0.25) is 0 Å². The SMILES string of the molecule is Cc1ccc(N=Nc2ccc(OCCCCCCCCCCOP(=O)(Cl)Cl)cc2)cc1. The van der Waals surface area contributed by atoms with Crippen molar-refractivity contribution >= 4 is 39.9 Å². The minimum Gasteiger partial charge on any atom is -0.494 e. The van der Waals surface area contributed by atoms with Crippen LogP contribution in [0.1, 0.15) is 56.9 Å². The molecule has 0 aromatic heterocycles. The first-order chi connectivity index (χ1) is 14.9. The van der Waals surface area contributed by atoms with Gasteiger partial charge in [-0.15, -0.1) is 0 Å². The fourth-order valence-electron chi connectivity index (χ4n) is 2.96. The largest absolute Gasteiger partial charge is 0.494 e. The van der Waals surface area contributed by atoms with Crippen LogP contribution in [0.15, 0.2) is 58.8 Å². The lowest BCUT2D eigenvalue weighted by molar-refractivity contribution is 0.303. The molecule has 8 heteroatoms. The summed E-state index contributed by atoms with van der Waals surface area (Å²) in [6.45, 7) is 3.13.